The van der Waals surface area contributed by atoms with Gasteiger partial charge in [-0.15, -0.1) is 24.8 Å². The predicted molar refractivity (Wildman–Crippen MR) is 119 cm³/mol. The molecule has 1 unspecified atom stereocenters. The number of hydrogen-bond acceptors (Lipinski definition) is 5. The van der Waals surface area contributed by atoms with E-state index in [1.807, 2.05) is 43.1 Å². The zero-order chi connectivity index (χ0) is 19.1. The van der Waals surface area contributed by atoms with Crippen LogP contribution >= 0.6 is 24.8 Å². The van der Waals surface area contributed by atoms with Crippen LogP contribution in [-0.2, 0) is 6.61 Å². The van der Waals surface area contributed by atoms with Gasteiger partial charge in [0.2, 0.25) is 0 Å². The third-order valence-electron chi connectivity index (χ3n) is 4.69. The molecular weight excluding hydrogens is 413 g/mol. The van der Waals surface area contributed by atoms with E-state index in [1.165, 1.54) is 0 Å². The molecule has 1 N–H and O–H groups in total. The van der Waals surface area contributed by atoms with Crippen molar-refractivity contribution in [2.75, 3.05) is 26.7 Å². The summed E-state index contributed by atoms with van der Waals surface area (Å²) < 4.78 is 11.6. The van der Waals surface area contributed by atoms with Crippen LogP contribution < -0.4 is 14.8 Å². The molecule has 1 saturated heterocycles. The summed E-state index contributed by atoms with van der Waals surface area (Å²) in [7, 11) is 1.92. The summed E-state index contributed by atoms with van der Waals surface area (Å²) in [6.07, 6.45) is 5.59. The number of rotatable bonds is 8. The van der Waals surface area contributed by atoms with Gasteiger partial charge >= 0.3 is 0 Å². The lowest BCUT2D eigenvalue weighted by Crippen LogP contribution is -2.40. The third-order valence-corrected chi connectivity index (χ3v) is 4.69. The van der Waals surface area contributed by atoms with E-state index in [-0.39, 0.29) is 36.8 Å². The molecule has 1 aliphatic heterocycles. The van der Waals surface area contributed by atoms with E-state index in [2.05, 4.69) is 10.3 Å². The molecule has 2 aromatic rings. The largest absolute Gasteiger partial charge is 0.490 e. The number of nitrogens with zero attached hydrogens (tertiary/aromatic N) is 2. The van der Waals surface area contributed by atoms with E-state index in [0.29, 0.717) is 30.3 Å². The van der Waals surface area contributed by atoms with Gasteiger partial charge in [-0.05, 0) is 51.1 Å². The number of pyridine rings is 1. The summed E-state index contributed by atoms with van der Waals surface area (Å²) in [5.74, 6) is 1.27. The molecule has 3 rings (SSSR count). The summed E-state index contributed by atoms with van der Waals surface area (Å²) in [6, 6.07) is 9.51. The molecule has 8 heteroatoms. The Labute approximate surface area is 184 Å². The van der Waals surface area contributed by atoms with Crippen LogP contribution in [0.2, 0.25) is 0 Å². The molecule has 1 aromatic heterocycles. The molecule has 6 nitrogen and oxygen atoms in total. The van der Waals surface area contributed by atoms with E-state index < -0.39 is 0 Å². The molecular formula is C21H29Cl2N3O3. The van der Waals surface area contributed by atoms with Crippen LogP contribution in [0.5, 0.6) is 11.5 Å². The number of nitrogens with one attached hydrogen (secondary N) is 1. The number of amides is 1. The van der Waals surface area contributed by atoms with Crippen LogP contribution in [0.3, 0.4) is 0 Å². The quantitative estimate of drug-likeness (QED) is 0.675. The molecule has 0 spiro atoms. The van der Waals surface area contributed by atoms with Gasteiger partial charge < -0.3 is 19.7 Å². The summed E-state index contributed by atoms with van der Waals surface area (Å²) in [5.41, 5.74) is 1.61. The van der Waals surface area contributed by atoms with Crippen LogP contribution in [0.4, 0.5) is 0 Å². The summed E-state index contributed by atoms with van der Waals surface area (Å²) in [5, 5.41) is 3.18. The molecule has 0 radical (unpaired) electrons. The lowest BCUT2D eigenvalue weighted by molar-refractivity contribution is 0.0736. The first-order chi connectivity index (χ1) is 13.2. The molecule has 1 aliphatic rings. The van der Waals surface area contributed by atoms with Crippen LogP contribution in [0.25, 0.3) is 0 Å². The number of benzene rings is 1. The Kier molecular flexibility index (Phi) is 10.8. The Morgan fingerprint density at radius 1 is 1.24 bits per heavy atom. The van der Waals surface area contributed by atoms with Gasteiger partial charge in [-0.2, -0.15) is 0 Å². The highest BCUT2D eigenvalue weighted by Crippen LogP contribution is 2.30. The first-order valence-corrected chi connectivity index (χ1v) is 9.47. The fourth-order valence-electron chi connectivity index (χ4n) is 3.39. The number of likely N-dealkylation sites (tertiary alicyclic amines) is 1. The number of hydrogen-bond donors (Lipinski definition) is 1. The SMILES string of the molecule is CCOc1cc(C(=O)N2CCCC2CNC)ccc1OCc1cccnc1.Cl.Cl. The molecule has 0 aliphatic carbocycles. The van der Waals surface area contributed by atoms with Crippen LogP contribution in [0, 0.1) is 0 Å². The smallest absolute Gasteiger partial charge is 0.254 e. The molecule has 1 aromatic carbocycles. The van der Waals surface area contributed by atoms with Gasteiger partial charge in [-0.25, -0.2) is 0 Å². The zero-order valence-corrected chi connectivity index (χ0v) is 18.4. The van der Waals surface area contributed by atoms with Crippen molar-refractivity contribution >= 4 is 30.7 Å². The van der Waals surface area contributed by atoms with Gasteiger partial charge in [-0.1, -0.05) is 6.07 Å². The Morgan fingerprint density at radius 3 is 2.76 bits per heavy atom. The van der Waals surface area contributed by atoms with Crippen molar-refractivity contribution in [3.05, 3.63) is 53.9 Å². The minimum absolute atomic E-state index is 0. The van der Waals surface area contributed by atoms with Crippen LogP contribution in [0.1, 0.15) is 35.7 Å². The molecule has 1 fully saturated rings. The summed E-state index contributed by atoms with van der Waals surface area (Å²) in [4.78, 5) is 19.0. The van der Waals surface area contributed by atoms with Crippen molar-refractivity contribution in [1.29, 1.82) is 0 Å². The Hall–Kier alpha value is -2.02. The predicted octanol–water partition coefficient (Wildman–Crippen LogP) is 3.73. The zero-order valence-electron chi connectivity index (χ0n) is 16.8. The summed E-state index contributed by atoms with van der Waals surface area (Å²) >= 11 is 0. The van der Waals surface area contributed by atoms with Gasteiger partial charge in [0.1, 0.15) is 6.61 Å². The highest BCUT2D eigenvalue weighted by Gasteiger charge is 2.29. The normalized spacial score (nSPS) is 15.2. The number of halogens is 2. The minimum atomic E-state index is 0. The van der Waals surface area contributed by atoms with Crippen molar-refractivity contribution in [3.8, 4) is 11.5 Å². The van der Waals surface area contributed by atoms with Crippen molar-refractivity contribution < 1.29 is 14.3 Å². The number of ether oxygens (including phenoxy) is 2. The average molecular weight is 442 g/mol. The fraction of sp³-hybridized carbons (Fsp3) is 0.429. The molecule has 160 valence electrons. The van der Waals surface area contributed by atoms with Gasteiger partial charge in [-0.3, -0.25) is 9.78 Å². The average Bonchev–Trinajstić information content (AvgIpc) is 3.16. The van der Waals surface area contributed by atoms with E-state index in [0.717, 1.165) is 31.5 Å². The Bertz CT molecular complexity index is 762. The highest BCUT2D eigenvalue weighted by molar-refractivity contribution is 5.95. The molecule has 1 amide bonds. The Balaban J connectivity index is 0.00000210. The third kappa shape index (κ3) is 6.49. The maximum Gasteiger partial charge on any atom is 0.254 e. The second-order valence-electron chi connectivity index (χ2n) is 6.60. The number of likely N-dealkylation sites (N-methyl/N-ethyl adjacent to an activating group) is 1. The molecule has 0 bridgehead atoms. The lowest BCUT2D eigenvalue weighted by Gasteiger charge is -2.25. The maximum absolute atomic E-state index is 13.0. The number of carbonyl (C=O) groups is 1. The van der Waals surface area contributed by atoms with Crippen molar-refractivity contribution in [1.82, 2.24) is 15.2 Å². The minimum Gasteiger partial charge on any atom is -0.490 e. The van der Waals surface area contributed by atoms with E-state index in [4.69, 9.17) is 9.47 Å². The van der Waals surface area contributed by atoms with Gasteiger partial charge in [0.05, 0.1) is 6.61 Å². The van der Waals surface area contributed by atoms with Crippen molar-refractivity contribution in [2.24, 2.45) is 0 Å². The number of aromatic nitrogens is 1. The lowest BCUT2D eigenvalue weighted by atomic mass is 10.1. The first kappa shape index (κ1) is 25.0. The van der Waals surface area contributed by atoms with Gasteiger partial charge in [0.15, 0.2) is 11.5 Å². The topological polar surface area (TPSA) is 63.7 Å². The standard InChI is InChI=1S/C21H27N3O3.2ClH/c1-3-26-20-12-17(21(25)24-11-5-7-18(24)14-22-2)8-9-19(20)27-15-16-6-4-10-23-13-16;;/h4,6,8-10,12-13,18,22H,3,5,7,11,14-15H2,1-2H3;2*1H. The summed E-state index contributed by atoms with van der Waals surface area (Å²) in [6.45, 7) is 4.44. The van der Waals surface area contributed by atoms with Crippen molar-refractivity contribution in [2.45, 2.75) is 32.4 Å². The monoisotopic (exact) mass is 441 g/mol. The number of carbonyl (C=O) groups excluding carboxylic acids is 1. The van der Waals surface area contributed by atoms with Crippen molar-refractivity contribution in [3.63, 3.8) is 0 Å². The first-order valence-electron chi connectivity index (χ1n) is 9.47. The van der Waals surface area contributed by atoms with Crippen LogP contribution in [0.15, 0.2) is 42.7 Å². The Morgan fingerprint density at radius 2 is 2.07 bits per heavy atom. The maximum atomic E-state index is 13.0. The fourth-order valence-corrected chi connectivity index (χ4v) is 3.39. The molecule has 2 heterocycles. The van der Waals surface area contributed by atoms with E-state index in [9.17, 15) is 4.79 Å². The van der Waals surface area contributed by atoms with E-state index in [1.54, 1.807) is 18.5 Å². The van der Waals surface area contributed by atoms with Gasteiger partial charge in [0, 0.05) is 42.7 Å². The molecule has 1 atom stereocenters. The van der Waals surface area contributed by atoms with Gasteiger partial charge in [0.25, 0.3) is 5.91 Å². The molecule has 0 saturated carbocycles. The van der Waals surface area contributed by atoms with Crippen LogP contribution in [-0.4, -0.2) is 48.6 Å². The van der Waals surface area contributed by atoms with E-state index >= 15 is 0 Å². The second-order valence-corrected chi connectivity index (χ2v) is 6.60. The molecule has 29 heavy (non-hydrogen) atoms. The highest BCUT2D eigenvalue weighted by atomic mass is 35.5. The second kappa shape index (κ2) is 12.5.